The van der Waals surface area contributed by atoms with Gasteiger partial charge in [-0.25, -0.2) is 18.5 Å². The van der Waals surface area contributed by atoms with Crippen LogP contribution in [0.4, 0.5) is 5.69 Å². The highest BCUT2D eigenvalue weighted by Gasteiger charge is 2.16. The summed E-state index contributed by atoms with van der Waals surface area (Å²) in [6, 6.07) is 5.74. The van der Waals surface area contributed by atoms with E-state index >= 15 is 0 Å². The number of imidazole rings is 1. The van der Waals surface area contributed by atoms with Crippen LogP contribution in [0, 0.1) is 0 Å². The van der Waals surface area contributed by atoms with Crippen LogP contribution in [0.1, 0.15) is 10.5 Å². The van der Waals surface area contributed by atoms with Crippen molar-refractivity contribution in [2.75, 3.05) is 11.9 Å². The number of aryl methyl sites for hydroxylation is 1. The Morgan fingerprint density at radius 1 is 1.30 bits per heavy atom. The Labute approximate surface area is 116 Å². The van der Waals surface area contributed by atoms with Crippen molar-refractivity contribution in [2.45, 2.75) is 4.90 Å². The second-order valence-corrected chi connectivity index (χ2v) is 5.89. The molecule has 0 saturated heterocycles. The van der Waals surface area contributed by atoms with Gasteiger partial charge in [0.25, 0.3) is 5.91 Å². The first kappa shape index (κ1) is 14.2. The zero-order chi connectivity index (χ0) is 14.9. The molecule has 106 valence electrons. The summed E-state index contributed by atoms with van der Waals surface area (Å²) in [5.74, 6) is -0.283. The quantitative estimate of drug-likeness (QED) is 0.882. The van der Waals surface area contributed by atoms with Crippen LogP contribution < -0.4 is 10.0 Å². The van der Waals surface area contributed by atoms with Crippen molar-refractivity contribution in [2.24, 2.45) is 12.2 Å². The molecular weight excluding hydrogens is 280 g/mol. The first-order valence-electron chi connectivity index (χ1n) is 5.68. The summed E-state index contributed by atoms with van der Waals surface area (Å²) >= 11 is 0. The van der Waals surface area contributed by atoms with Crippen molar-refractivity contribution in [1.29, 1.82) is 0 Å². The van der Waals surface area contributed by atoms with Gasteiger partial charge in [-0.3, -0.25) is 4.79 Å². The standard InChI is InChI=1S/C12H14N4O3S/c1-15-7-11(14-8-15)12(17)16(2)9-3-5-10(6-4-9)20(13,18)19/h3-8H,1-2H3,(H2,13,18,19). The number of hydrogen-bond donors (Lipinski definition) is 1. The molecule has 0 aliphatic carbocycles. The van der Waals surface area contributed by atoms with Crippen LogP contribution in [0.2, 0.25) is 0 Å². The molecule has 7 nitrogen and oxygen atoms in total. The number of nitrogens with two attached hydrogens (primary N) is 1. The Bertz CT molecular complexity index is 734. The Morgan fingerprint density at radius 3 is 2.35 bits per heavy atom. The highest BCUT2D eigenvalue weighted by Crippen LogP contribution is 2.17. The third-order valence-corrected chi connectivity index (χ3v) is 3.71. The molecule has 1 aromatic heterocycles. The van der Waals surface area contributed by atoms with E-state index in [1.165, 1.54) is 35.5 Å². The second-order valence-electron chi connectivity index (χ2n) is 4.33. The summed E-state index contributed by atoms with van der Waals surface area (Å²) in [6.07, 6.45) is 3.14. The molecule has 2 rings (SSSR count). The van der Waals surface area contributed by atoms with E-state index in [0.29, 0.717) is 11.4 Å². The number of carbonyl (C=O) groups is 1. The van der Waals surface area contributed by atoms with E-state index in [9.17, 15) is 13.2 Å². The second kappa shape index (κ2) is 5.06. The fraction of sp³-hybridized carbons (Fsp3) is 0.167. The number of amides is 1. The predicted octanol–water partition coefficient (Wildman–Crippen LogP) is 0.344. The van der Waals surface area contributed by atoms with E-state index in [4.69, 9.17) is 5.14 Å². The SMILES string of the molecule is CN(C(=O)c1cn(C)cn1)c1ccc(S(N)(=O)=O)cc1. The Balaban J connectivity index is 2.25. The number of aromatic nitrogens is 2. The summed E-state index contributed by atoms with van der Waals surface area (Å²) in [5.41, 5.74) is 0.860. The molecule has 1 heterocycles. The van der Waals surface area contributed by atoms with Crippen molar-refractivity contribution in [1.82, 2.24) is 9.55 Å². The van der Waals surface area contributed by atoms with Crippen LogP contribution in [0.25, 0.3) is 0 Å². The van der Waals surface area contributed by atoms with Gasteiger partial charge in [-0.2, -0.15) is 0 Å². The van der Waals surface area contributed by atoms with Gasteiger partial charge in [0.2, 0.25) is 10.0 Å². The van der Waals surface area contributed by atoms with Crippen molar-refractivity contribution in [3.05, 3.63) is 42.5 Å². The fourth-order valence-corrected chi connectivity index (χ4v) is 2.19. The third-order valence-electron chi connectivity index (χ3n) is 2.78. The normalized spacial score (nSPS) is 11.3. The predicted molar refractivity (Wildman–Crippen MR) is 73.8 cm³/mol. The molecule has 0 unspecified atom stereocenters. The smallest absolute Gasteiger partial charge is 0.278 e. The van der Waals surface area contributed by atoms with Gasteiger partial charge in [0.05, 0.1) is 11.2 Å². The molecule has 1 amide bonds. The van der Waals surface area contributed by atoms with Gasteiger partial charge in [-0.15, -0.1) is 0 Å². The van der Waals surface area contributed by atoms with Crippen LogP contribution in [0.15, 0.2) is 41.7 Å². The highest BCUT2D eigenvalue weighted by molar-refractivity contribution is 7.89. The van der Waals surface area contributed by atoms with Gasteiger partial charge < -0.3 is 9.47 Å². The van der Waals surface area contributed by atoms with Gasteiger partial charge in [0, 0.05) is 26.0 Å². The largest absolute Gasteiger partial charge is 0.340 e. The molecule has 1 aromatic carbocycles. The minimum atomic E-state index is -3.73. The number of benzene rings is 1. The monoisotopic (exact) mass is 294 g/mol. The van der Waals surface area contributed by atoms with E-state index in [1.807, 2.05) is 0 Å². The van der Waals surface area contributed by atoms with Crippen LogP contribution in [0.3, 0.4) is 0 Å². The van der Waals surface area contributed by atoms with E-state index in [-0.39, 0.29) is 10.8 Å². The molecule has 0 fully saturated rings. The molecule has 8 heteroatoms. The average Bonchev–Trinajstić information content (AvgIpc) is 2.83. The van der Waals surface area contributed by atoms with Crippen LogP contribution in [-0.2, 0) is 17.1 Å². The molecule has 2 aromatic rings. The van der Waals surface area contributed by atoms with E-state index in [1.54, 1.807) is 24.9 Å². The third kappa shape index (κ3) is 2.86. The first-order valence-corrected chi connectivity index (χ1v) is 7.22. The number of carbonyl (C=O) groups excluding carboxylic acids is 1. The summed E-state index contributed by atoms with van der Waals surface area (Å²) in [4.78, 5) is 17.5. The molecule has 0 radical (unpaired) electrons. The van der Waals surface area contributed by atoms with E-state index in [2.05, 4.69) is 4.98 Å². The maximum Gasteiger partial charge on any atom is 0.278 e. The molecule has 2 N–H and O–H groups in total. The highest BCUT2D eigenvalue weighted by atomic mass is 32.2. The molecule has 0 aliphatic heterocycles. The van der Waals surface area contributed by atoms with E-state index < -0.39 is 10.0 Å². The van der Waals surface area contributed by atoms with Crippen molar-refractivity contribution >= 4 is 21.6 Å². The molecule has 20 heavy (non-hydrogen) atoms. The van der Waals surface area contributed by atoms with Crippen LogP contribution in [0.5, 0.6) is 0 Å². The maximum atomic E-state index is 12.1. The lowest BCUT2D eigenvalue weighted by atomic mass is 10.3. The van der Waals surface area contributed by atoms with Crippen molar-refractivity contribution in [3.63, 3.8) is 0 Å². The van der Waals surface area contributed by atoms with Crippen molar-refractivity contribution < 1.29 is 13.2 Å². The summed E-state index contributed by atoms with van der Waals surface area (Å²) < 4.78 is 24.0. The Morgan fingerprint density at radius 2 is 1.90 bits per heavy atom. The molecule has 0 bridgehead atoms. The minimum Gasteiger partial charge on any atom is -0.340 e. The molecule has 0 spiro atoms. The Kier molecular flexibility index (Phi) is 3.60. The summed E-state index contributed by atoms with van der Waals surface area (Å²) in [7, 11) is -0.379. The minimum absolute atomic E-state index is 0.0000601. The lowest BCUT2D eigenvalue weighted by molar-refractivity contribution is 0.0988. The number of nitrogens with zero attached hydrogens (tertiary/aromatic N) is 3. The summed E-state index contributed by atoms with van der Waals surface area (Å²) in [6.45, 7) is 0. The topological polar surface area (TPSA) is 98.3 Å². The fourth-order valence-electron chi connectivity index (χ4n) is 1.67. The van der Waals surface area contributed by atoms with E-state index in [0.717, 1.165) is 0 Å². The number of rotatable bonds is 3. The molecule has 0 atom stereocenters. The van der Waals surface area contributed by atoms with Gasteiger partial charge in [-0.05, 0) is 24.3 Å². The van der Waals surface area contributed by atoms with Gasteiger partial charge >= 0.3 is 0 Å². The maximum absolute atomic E-state index is 12.1. The Hall–Kier alpha value is -2.19. The van der Waals surface area contributed by atoms with Gasteiger partial charge in [0.1, 0.15) is 5.69 Å². The average molecular weight is 294 g/mol. The van der Waals surface area contributed by atoms with Crippen LogP contribution in [-0.4, -0.2) is 30.9 Å². The lowest BCUT2D eigenvalue weighted by Gasteiger charge is -2.16. The molecule has 0 saturated carbocycles. The first-order chi connectivity index (χ1) is 9.29. The number of sulfonamides is 1. The molecule has 0 aliphatic rings. The van der Waals surface area contributed by atoms with Crippen LogP contribution >= 0.6 is 0 Å². The van der Waals surface area contributed by atoms with Gasteiger partial charge in [0.15, 0.2) is 0 Å². The summed E-state index contributed by atoms with van der Waals surface area (Å²) in [5, 5.41) is 5.02. The zero-order valence-electron chi connectivity index (χ0n) is 11.0. The lowest BCUT2D eigenvalue weighted by Crippen LogP contribution is -2.26. The van der Waals surface area contributed by atoms with Crippen molar-refractivity contribution in [3.8, 4) is 0 Å². The molecular formula is C12H14N4O3S. The van der Waals surface area contributed by atoms with Gasteiger partial charge in [-0.1, -0.05) is 0 Å². The zero-order valence-corrected chi connectivity index (χ0v) is 11.8. The number of anilines is 1. The number of primary sulfonamides is 1. The number of hydrogen-bond acceptors (Lipinski definition) is 4.